The molecule has 0 aliphatic carbocycles. The molecular formula is C11H11ClF3N. The number of hydrogen-bond donors (Lipinski definition) is 1. The van der Waals surface area contributed by atoms with E-state index in [4.69, 9.17) is 11.6 Å². The second-order valence-corrected chi connectivity index (χ2v) is 4.27. The molecule has 1 heterocycles. The van der Waals surface area contributed by atoms with E-state index in [1.165, 1.54) is 0 Å². The van der Waals surface area contributed by atoms with Crippen molar-refractivity contribution in [3.63, 3.8) is 0 Å². The molecule has 0 spiro atoms. The maximum atomic E-state index is 13.6. The van der Waals surface area contributed by atoms with Crippen molar-refractivity contribution in [3.05, 3.63) is 34.1 Å². The molecule has 1 nitrogen and oxygen atoms in total. The molecule has 1 saturated heterocycles. The predicted octanol–water partition coefficient (Wildman–Crippen LogP) is 3.57. The molecule has 1 aromatic rings. The molecule has 1 aromatic carbocycles. The van der Waals surface area contributed by atoms with Gasteiger partial charge in [0.25, 0.3) is 0 Å². The summed E-state index contributed by atoms with van der Waals surface area (Å²) in [5.74, 6) is -3.28. The van der Waals surface area contributed by atoms with Gasteiger partial charge < -0.3 is 5.32 Å². The number of halogens is 4. The third kappa shape index (κ3) is 2.04. The molecule has 1 atom stereocenters. The number of rotatable bonds is 1. The van der Waals surface area contributed by atoms with Crippen LogP contribution in [0.5, 0.6) is 0 Å². The Hall–Kier alpha value is -0.740. The molecule has 1 aliphatic heterocycles. The third-order valence-electron chi connectivity index (χ3n) is 2.82. The molecule has 16 heavy (non-hydrogen) atoms. The molecule has 0 amide bonds. The summed E-state index contributed by atoms with van der Waals surface area (Å²) in [4.78, 5) is 0. The zero-order chi connectivity index (χ0) is 11.7. The second-order valence-electron chi connectivity index (χ2n) is 3.89. The molecule has 1 unspecified atom stereocenters. The summed E-state index contributed by atoms with van der Waals surface area (Å²) in [6, 6.07) is 0.612. The SMILES string of the molecule is Fc1cc(C2CCCCN2)c(F)c(Cl)c1F. The van der Waals surface area contributed by atoms with Gasteiger partial charge in [0, 0.05) is 11.6 Å². The van der Waals surface area contributed by atoms with Crippen molar-refractivity contribution in [1.29, 1.82) is 0 Å². The molecule has 88 valence electrons. The van der Waals surface area contributed by atoms with Gasteiger partial charge in [0.05, 0.1) is 0 Å². The van der Waals surface area contributed by atoms with Gasteiger partial charge in [-0.1, -0.05) is 18.0 Å². The van der Waals surface area contributed by atoms with Crippen molar-refractivity contribution in [1.82, 2.24) is 5.32 Å². The number of piperidine rings is 1. The standard InChI is InChI=1S/C11H11ClF3N/c12-9-10(14)6(5-7(13)11(9)15)8-3-1-2-4-16-8/h5,8,16H,1-4H2. The highest BCUT2D eigenvalue weighted by molar-refractivity contribution is 6.31. The summed E-state index contributed by atoms with van der Waals surface area (Å²) in [7, 11) is 0. The summed E-state index contributed by atoms with van der Waals surface area (Å²) in [5.41, 5.74) is 0.114. The molecule has 1 aliphatic rings. The zero-order valence-corrected chi connectivity index (χ0v) is 9.25. The highest BCUT2D eigenvalue weighted by Crippen LogP contribution is 2.31. The normalized spacial score (nSPS) is 21.1. The average molecular weight is 250 g/mol. The average Bonchev–Trinajstić information content (AvgIpc) is 2.32. The van der Waals surface area contributed by atoms with Crippen LogP contribution in [0.25, 0.3) is 0 Å². The lowest BCUT2D eigenvalue weighted by Crippen LogP contribution is -2.27. The van der Waals surface area contributed by atoms with Crippen LogP contribution in [0.3, 0.4) is 0 Å². The van der Waals surface area contributed by atoms with Crippen LogP contribution in [0, 0.1) is 17.5 Å². The molecule has 2 rings (SSSR count). The fourth-order valence-electron chi connectivity index (χ4n) is 1.96. The van der Waals surface area contributed by atoms with Crippen molar-refractivity contribution in [2.24, 2.45) is 0 Å². The van der Waals surface area contributed by atoms with Crippen LogP contribution >= 0.6 is 11.6 Å². The third-order valence-corrected chi connectivity index (χ3v) is 3.15. The summed E-state index contributed by atoms with van der Waals surface area (Å²) in [6.07, 6.45) is 2.65. The lowest BCUT2D eigenvalue weighted by Gasteiger charge is -2.24. The largest absolute Gasteiger partial charge is 0.310 e. The number of hydrogen-bond acceptors (Lipinski definition) is 1. The topological polar surface area (TPSA) is 12.0 Å². The van der Waals surface area contributed by atoms with Crippen molar-refractivity contribution in [3.8, 4) is 0 Å². The molecular weight excluding hydrogens is 239 g/mol. The first kappa shape index (κ1) is 11.7. The van der Waals surface area contributed by atoms with Crippen LogP contribution in [-0.2, 0) is 0 Å². The van der Waals surface area contributed by atoms with Gasteiger partial charge >= 0.3 is 0 Å². The van der Waals surface area contributed by atoms with Crippen LogP contribution < -0.4 is 5.32 Å². The van der Waals surface area contributed by atoms with Crippen molar-refractivity contribution < 1.29 is 13.2 Å². The second kappa shape index (κ2) is 4.63. The van der Waals surface area contributed by atoms with Gasteiger partial charge in [0.2, 0.25) is 0 Å². The minimum atomic E-state index is -1.32. The highest BCUT2D eigenvalue weighted by atomic mass is 35.5. The van der Waals surface area contributed by atoms with Crippen LogP contribution in [-0.4, -0.2) is 6.54 Å². The van der Waals surface area contributed by atoms with Crippen LogP contribution in [0.1, 0.15) is 30.9 Å². The smallest absolute Gasteiger partial charge is 0.180 e. The first-order valence-corrected chi connectivity index (χ1v) is 5.55. The fraction of sp³-hybridized carbons (Fsp3) is 0.455. The monoisotopic (exact) mass is 249 g/mol. The number of nitrogens with one attached hydrogen (secondary N) is 1. The number of benzene rings is 1. The van der Waals surface area contributed by atoms with Crippen molar-refractivity contribution in [2.45, 2.75) is 25.3 Å². The van der Waals surface area contributed by atoms with E-state index in [2.05, 4.69) is 5.32 Å². The van der Waals surface area contributed by atoms with Crippen LogP contribution in [0.2, 0.25) is 5.02 Å². The molecule has 0 bridgehead atoms. The molecule has 1 N–H and O–H groups in total. The lowest BCUT2D eigenvalue weighted by molar-refractivity contribution is 0.394. The Labute approximate surface area is 96.6 Å². The molecule has 0 saturated carbocycles. The Morgan fingerprint density at radius 2 is 1.94 bits per heavy atom. The van der Waals surface area contributed by atoms with E-state index in [1.807, 2.05) is 0 Å². The minimum Gasteiger partial charge on any atom is -0.310 e. The Balaban J connectivity index is 2.40. The zero-order valence-electron chi connectivity index (χ0n) is 8.49. The van der Waals surface area contributed by atoms with E-state index < -0.39 is 22.5 Å². The first-order valence-electron chi connectivity index (χ1n) is 5.17. The Morgan fingerprint density at radius 1 is 1.19 bits per heavy atom. The highest BCUT2D eigenvalue weighted by Gasteiger charge is 2.24. The Morgan fingerprint density at radius 3 is 2.56 bits per heavy atom. The summed E-state index contributed by atoms with van der Waals surface area (Å²) >= 11 is 5.39. The fourth-order valence-corrected chi connectivity index (χ4v) is 2.16. The molecule has 0 aromatic heterocycles. The van der Waals surface area contributed by atoms with E-state index >= 15 is 0 Å². The van der Waals surface area contributed by atoms with Gasteiger partial charge in [-0.2, -0.15) is 0 Å². The van der Waals surface area contributed by atoms with Crippen LogP contribution in [0.15, 0.2) is 6.07 Å². The molecule has 5 heteroatoms. The summed E-state index contributed by atoms with van der Waals surface area (Å²) < 4.78 is 39.7. The Kier molecular flexibility index (Phi) is 3.40. The van der Waals surface area contributed by atoms with E-state index in [0.717, 1.165) is 25.5 Å². The van der Waals surface area contributed by atoms with Crippen LogP contribution in [0.4, 0.5) is 13.2 Å². The Bertz CT molecular complexity index is 403. The van der Waals surface area contributed by atoms with Gasteiger partial charge in [-0.15, -0.1) is 0 Å². The lowest BCUT2D eigenvalue weighted by atomic mass is 9.97. The maximum Gasteiger partial charge on any atom is 0.180 e. The van der Waals surface area contributed by atoms with E-state index in [0.29, 0.717) is 6.42 Å². The first-order chi connectivity index (χ1) is 7.61. The van der Waals surface area contributed by atoms with Crippen molar-refractivity contribution >= 4 is 11.6 Å². The maximum absolute atomic E-state index is 13.6. The molecule has 1 fully saturated rings. The van der Waals surface area contributed by atoms with E-state index in [-0.39, 0.29) is 11.6 Å². The minimum absolute atomic E-state index is 0.114. The van der Waals surface area contributed by atoms with Crippen molar-refractivity contribution in [2.75, 3.05) is 6.54 Å². The van der Waals surface area contributed by atoms with E-state index in [1.54, 1.807) is 0 Å². The summed E-state index contributed by atoms with van der Waals surface area (Å²) in [6.45, 7) is 0.751. The quantitative estimate of drug-likeness (QED) is 0.593. The molecule has 0 radical (unpaired) electrons. The van der Waals surface area contributed by atoms with Gasteiger partial charge in [0.15, 0.2) is 11.6 Å². The van der Waals surface area contributed by atoms with Gasteiger partial charge in [-0.3, -0.25) is 0 Å². The van der Waals surface area contributed by atoms with Gasteiger partial charge in [0.1, 0.15) is 10.8 Å². The van der Waals surface area contributed by atoms with E-state index in [9.17, 15) is 13.2 Å². The van der Waals surface area contributed by atoms with Gasteiger partial charge in [-0.05, 0) is 25.5 Å². The van der Waals surface area contributed by atoms with Gasteiger partial charge in [-0.25, -0.2) is 13.2 Å². The predicted molar refractivity (Wildman–Crippen MR) is 55.9 cm³/mol. The summed E-state index contributed by atoms with van der Waals surface area (Å²) in [5, 5.41) is 2.30.